The van der Waals surface area contributed by atoms with Gasteiger partial charge in [0.2, 0.25) is 35.1 Å². The minimum atomic E-state index is -0.506. The number of hydrogen-bond acceptors (Lipinski definition) is 5. The molecule has 0 bridgehead atoms. The first-order valence-electron chi connectivity index (χ1n) is 8.85. The Morgan fingerprint density at radius 2 is 1.76 bits per heavy atom. The second-order valence-corrected chi connectivity index (χ2v) is 6.94. The third kappa shape index (κ3) is 2.85. The van der Waals surface area contributed by atoms with Gasteiger partial charge < -0.3 is 0 Å². The normalized spacial score (nSPS) is 12.5. The van der Waals surface area contributed by atoms with Crippen LogP contribution in [0, 0.1) is 17.0 Å². The molecule has 0 aliphatic heterocycles. The zero-order valence-electron chi connectivity index (χ0n) is 15.7. The Bertz CT molecular complexity index is 1240. The molecule has 0 spiro atoms. The zero-order valence-corrected chi connectivity index (χ0v) is 15.7. The minimum absolute atomic E-state index is 0.0660. The molecule has 1 aliphatic rings. The Morgan fingerprint density at radius 3 is 2.38 bits per heavy atom. The van der Waals surface area contributed by atoms with Crippen LogP contribution in [0.1, 0.15) is 48.0 Å². The van der Waals surface area contributed by atoms with Crippen LogP contribution in [0.15, 0.2) is 48.8 Å². The van der Waals surface area contributed by atoms with Crippen LogP contribution in [0.4, 0.5) is 5.69 Å². The largest absolute Gasteiger partial charge is 0.290 e. The lowest BCUT2D eigenvalue weighted by atomic mass is 9.90. The second-order valence-electron chi connectivity index (χ2n) is 6.94. The number of nitro benzene ring substituents is 1. The summed E-state index contributed by atoms with van der Waals surface area (Å²) in [5, 5.41) is 11.0. The van der Waals surface area contributed by atoms with Crippen molar-refractivity contribution in [3.63, 3.8) is 0 Å². The number of carbonyl (C=O) groups excluding carboxylic acids is 3. The van der Waals surface area contributed by atoms with E-state index in [1.807, 2.05) is 0 Å². The lowest BCUT2D eigenvalue weighted by Crippen LogP contribution is -2.36. The van der Waals surface area contributed by atoms with E-state index in [1.54, 1.807) is 49.1 Å². The summed E-state index contributed by atoms with van der Waals surface area (Å²) in [7, 11) is 1.65. The monoisotopic (exact) mass is 390 g/mol. The number of nitrogens with zero attached hydrogens (tertiary/aromatic N) is 3. The number of ketones is 3. The lowest BCUT2D eigenvalue weighted by molar-refractivity contribution is -0.672. The summed E-state index contributed by atoms with van der Waals surface area (Å²) >= 11 is 0. The first-order valence-corrected chi connectivity index (χ1v) is 8.85. The highest BCUT2D eigenvalue weighted by atomic mass is 16.6. The molecular weight excluding hydrogens is 374 g/mol. The summed E-state index contributed by atoms with van der Waals surface area (Å²) in [6.45, 7) is 1.40. The maximum absolute atomic E-state index is 13.0. The van der Waals surface area contributed by atoms with E-state index in [0.29, 0.717) is 22.3 Å². The smallest absolute Gasteiger partial charge is 0.272 e. The van der Waals surface area contributed by atoms with Crippen molar-refractivity contribution in [2.24, 2.45) is 7.05 Å². The molecule has 0 saturated heterocycles. The molecule has 8 nitrogen and oxygen atoms in total. The van der Waals surface area contributed by atoms with Crippen LogP contribution in [0.2, 0.25) is 0 Å². The second kappa shape index (κ2) is 6.59. The van der Waals surface area contributed by atoms with Gasteiger partial charge >= 0.3 is 0 Å². The molecule has 1 heterocycles. The molecule has 0 saturated carbocycles. The van der Waals surface area contributed by atoms with Gasteiger partial charge in [-0.05, 0) is 19.1 Å². The third-order valence-corrected chi connectivity index (χ3v) is 5.05. The Labute approximate surface area is 165 Å². The van der Waals surface area contributed by atoms with E-state index in [0.717, 1.165) is 0 Å². The van der Waals surface area contributed by atoms with Gasteiger partial charge in [0.1, 0.15) is 0 Å². The molecule has 0 unspecified atom stereocenters. The average Bonchev–Trinajstić information content (AvgIpc) is 3.01. The van der Waals surface area contributed by atoms with Crippen LogP contribution in [0.5, 0.6) is 0 Å². The molecule has 0 amide bonds. The molecule has 1 aromatic heterocycles. The van der Waals surface area contributed by atoms with E-state index in [-0.39, 0.29) is 41.0 Å². The van der Waals surface area contributed by atoms with E-state index in [1.165, 1.54) is 22.8 Å². The predicted molar refractivity (Wildman–Crippen MR) is 101 cm³/mol. The van der Waals surface area contributed by atoms with Gasteiger partial charge in [0.15, 0.2) is 6.54 Å². The van der Waals surface area contributed by atoms with E-state index in [9.17, 15) is 24.5 Å². The van der Waals surface area contributed by atoms with Crippen molar-refractivity contribution in [2.45, 2.75) is 13.5 Å². The van der Waals surface area contributed by atoms with Crippen LogP contribution in [-0.4, -0.2) is 26.8 Å². The Balaban J connectivity index is 1.72. The summed E-state index contributed by atoms with van der Waals surface area (Å²) in [5.74, 6) is -0.904. The molecule has 0 N–H and O–H groups in total. The average molecular weight is 390 g/mol. The summed E-state index contributed by atoms with van der Waals surface area (Å²) in [4.78, 5) is 49.1. The molecule has 0 radical (unpaired) electrons. The number of hydrogen-bond donors (Lipinski definition) is 0. The number of imidazole rings is 1. The topological polar surface area (TPSA) is 103 Å². The van der Waals surface area contributed by atoms with Gasteiger partial charge in [-0.15, -0.1) is 0 Å². The number of nitro groups is 1. The Morgan fingerprint density at radius 1 is 1.10 bits per heavy atom. The van der Waals surface area contributed by atoms with Crippen LogP contribution >= 0.6 is 0 Å². The number of fused-ring (bicyclic) bond motifs is 2. The van der Waals surface area contributed by atoms with Crippen molar-refractivity contribution >= 4 is 23.0 Å². The number of rotatable bonds is 4. The quantitative estimate of drug-likeness (QED) is 0.230. The van der Waals surface area contributed by atoms with Crippen LogP contribution < -0.4 is 4.57 Å². The summed E-state index contributed by atoms with van der Waals surface area (Å²) in [5.41, 5.74) is 1.67. The molecule has 4 rings (SSSR count). The van der Waals surface area contributed by atoms with Crippen molar-refractivity contribution in [2.75, 3.05) is 0 Å². The highest BCUT2D eigenvalue weighted by molar-refractivity contribution is 6.26. The van der Waals surface area contributed by atoms with Crippen LogP contribution in [0.3, 0.4) is 0 Å². The highest BCUT2D eigenvalue weighted by Gasteiger charge is 2.40. The molecule has 3 aromatic rings. The number of aromatic nitrogens is 2. The van der Waals surface area contributed by atoms with Crippen molar-refractivity contribution in [3.8, 4) is 0 Å². The molecule has 144 valence electrons. The van der Waals surface area contributed by atoms with Gasteiger partial charge in [0.25, 0.3) is 5.69 Å². The Hall–Kier alpha value is -3.94. The van der Waals surface area contributed by atoms with Gasteiger partial charge in [-0.2, -0.15) is 0 Å². The van der Waals surface area contributed by atoms with Gasteiger partial charge in [0, 0.05) is 28.3 Å². The van der Waals surface area contributed by atoms with E-state index in [2.05, 4.69) is 0 Å². The zero-order chi connectivity index (χ0) is 20.9. The molecule has 29 heavy (non-hydrogen) atoms. The predicted octanol–water partition coefficient (Wildman–Crippen LogP) is 2.19. The van der Waals surface area contributed by atoms with Crippen molar-refractivity contribution < 1.29 is 23.9 Å². The number of carbonyl (C=O) groups is 3. The van der Waals surface area contributed by atoms with Crippen molar-refractivity contribution in [3.05, 3.63) is 92.5 Å². The summed E-state index contributed by atoms with van der Waals surface area (Å²) in [6, 6.07) is 10.7. The molecule has 0 fully saturated rings. The fraction of sp³-hybridized carbons (Fsp3) is 0.143. The first-order chi connectivity index (χ1) is 13.8. The minimum Gasteiger partial charge on any atom is -0.290 e. The molecule has 2 aromatic carbocycles. The van der Waals surface area contributed by atoms with E-state index in [4.69, 9.17) is 0 Å². The number of aryl methyl sites for hydroxylation is 2. The maximum atomic E-state index is 13.0. The Kier molecular flexibility index (Phi) is 4.19. The van der Waals surface area contributed by atoms with Crippen LogP contribution in [-0.2, 0) is 13.6 Å². The van der Waals surface area contributed by atoms with Crippen molar-refractivity contribution in [1.82, 2.24) is 4.57 Å². The molecule has 0 atom stereocenters. The van der Waals surface area contributed by atoms with Gasteiger partial charge in [0.05, 0.1) is 12.0 Å². The number of benzene rings is 2. The van der Waals surface area contributed by atoms with Gasteiger partial charge in [-0.1, -0.05) is 24.3 Å². The van der Waals surface area contributed by atoms with E-state index < -0.39 is 4.92 Å². The lowest BCUT2D eigenvalue weighted by Gasteiger charge is -2.12. The number of Topliss-reactive ketones (excluding diaryl/α,β-unsaturated/α-hetero) is 1. The highest BCUT2D eigenvalue weighted by Crippen LogP contribution is 2.26. The maximum Gasteiger partial charge on any atom is 0.272 e. The fourth-order valence-corrected chi connectivity index (χ4v) is 3.67. The van der Waals surface area contributed by atoms with E-state index >= 15 is 0 Å². The fourth-order valence-electron chi connectivity index (χ4n) is 3.67. The first kappa shape index (κ1) is 18.4. The van der Waals surface area contributed by atoms with Crippen molar-refractivity contribution in [1.29, 1.82) is 0 Å². The standard InChI is InChI=1S/C21H16N3O5/c1-12-9-13(7-8-16(12)24(28)29)17(25)10-23-11-22(2)18-19(23)21(27)15-6-4-3-5-14(15)20(18)26/h3-9,11H,10H2,1-2H3/q+1. The summed E-state index contributed by atoms with van der Waals surface area (Å²) in [6.07, 6.45) is 1.54. The molecule has 8 heteroatoms. The van der Waals surface area contributed by atoms with Gasteiger partial charge in [-0.25, -0.2) is 9.13 Å². The van der Waals surface area contributed by atoms with Crippen LogP contribution in [0.25, 0.3) is 0 Å². The molecular formula is C21H16N3O5+. The molecule has 1 aliphatic carbocycles. The SMILES string of the molecule is Cc1cc(C(=O)Cn2c[n+](C)c3c2C(=O)c2ccccc2C3=O)ccc1[N+](=O)[O-]. The summed E-state index contributed by atoms with van der Waals surface area (Å²) < 4.78 is 3.00. The third-order valence-electron chi connectivity index (χ3n) is 5.05. The van der Waals surface area contributed by atoms with Gasteiger partial charge in [-0.3, -0.25) is 24.5 Å².